The van der Waals surface area contributed by atoms with E-state index in [0.29, 0.717) is 5.69 Å². The molecule has 1 saturated heterocycles. The summed E-state index contributed by atoms with van der Waals surface area (Å²) in [6, 6.07) is 0. The van der Waals surface area contributed by atoms with E-state index in [1.807, 2.05) is 6.92 Å². The molecule has 2 aromatic heterocycles. The predicted molar refractivity (Wildman–Crippen MR) is 75.7 cm³/mol. The molecule has 8 nitrogen and oxygen atoms in total. The lowest BCUT2D eigenvalue weighted by Crippen LogP contribution is -2.27. The number of fused-ring (bicyclic) bond motifs is 1. The molecular weight excluding hydrogens is 274 g/mol. The molecule has 1 aliphatic heterocycles. The van der Waals surface area contributed by atoms with Gasteiger partial charge in [0.15, 0.2) is 0 Å². The molecule has 4 N–H and O–H groups in total. The van der Waals surface area contributed by atoms with Crippen molar-refractivity contribution < 1.29 is 9.84 Å². The van der Waals surface area contributed by atoms with E-state index >= 15 is 0 Å². The Morgan fingerprint density at radius 2 is 2.29 bits per heavy atom. The summed E-state index contributed by atoms with van der Waals surface area (Å²) in [6.07, 6.45) is 0.999. The number of nitrogen functional groups attached to an aromatic ring is 1. The van der Waals surface area contributed by atoms with E-state index in [-0.39, 0.29) is 41.7 Å². The summed E-state index contributed by atoms with van der Waals surface area (Å²) in [6.45, 7) is 6.12. The lowest BCUT2D eigenvalue weighted by Gasteiger charge is -2.28. The van der Waals surface area contributed by atoms with Crippen LogP contribution in [-0.2, 0) is 4.74 Å². The van der Waals surface area contributed by atoms with Crippen molar-refractivity contribution in [3.05, 3.63) is 22.2 Å². The van der Waals surface area contributed by atoms with Gasteiger partial charge in [0.2, 0.25) is 11.6 Å². The Kier molecular flexibility index (Phi) is 3.03. The number of aromatic amines is 1. The highest BCUT2D eigenvalue weighted by molar-refractivity contribution is 5.39. The third-order valence-electron chi connectivity index (χ3n) is 4.58. The van der Waals surface area contributed by atoms with Crippen molar-refractivity contribution in [3.63, 3.8) is 0 Å². The fourth-order valence-electron chi connectivity index (χ4n) is 2.94. The summed E-state index contributed by atoms with van der Waals surface area (Å²) >= 11 is 0. The van der Waals surface area contributed by atoms with Crippen LogP contribution in [0.2, 0.25) is 0 Å². The number of nitrogens with two attached hydrogens (primary N) is 1. The minimum atomic E-state index is -0.392. The van der Waals surface area contributed by atoms with Crippen LogP contribution in [0.15, 0.2) is 11.0 Å². The normalized spacial score (nSPS) is 28.3. The summed E-state index contributed by atoms with van der Waals surface area (Å²) in [7, 11) is 0. The standard InChI is InChI=1S/C13H19N5O3/c1-6-8(5-19)21-9(13(6,2)3)7-4-15-10-11(20)16-12(14)17-18(7)10/h4,6,8-9,19H,5H2,1-3H3,(H3,14,16,17,20). The van der Waals surface area contributed by atoms with Gasteiger partial charge in [0, 0.05) is 5.41 Å². The van der Waals surface area contributed by atoms with E-state index < -0.39 is 5.56 Å². The molecule has 0 bridgehead atoms. The van der Waals surface area contributed by atoms with Crippen LogP contribution in [0.4, 0.5) is 5.95 Å². The number of nitrogens with zero attached hydrogens (tertiary/aromatic N) is 3. The fraction of sp³-hybridized carbons (Fsp3) is 0.615. The van der Waals surface area contributed by atoms with Crippen LogP contribution in [0.3, 0.4) is 0 Å². The zero-order valence-electron chi connectivity index (χ0n) is 12.2. The molecule has 0 spiro atoms. The molecule has 1 fully saturated rings. The van der Waals surface area contributed by atoms with Crippen molar-refractivity contribution in [2.24, 2.45) is 11.3 Å². The third kappa shape index (κ3) is 1.94. The first-order valence-electron chi connectivity index (χ1n) is 6.86. The number of nitrogens with one attached hydrogen (secondary N) is 1. The smallest absolute Gasteiger partial charge is 0.295 e. The van der Waals surface area contributed by atoms with Crippen LogP contribution in [0.25, 0.3) is 5.65 Å². The average molecular weight is 293 g/mol. The van der Waals surface area contributed by atoms with Crippen LogP contribution in [-0.4, -0.2) is 37.4 Å². The van der Waals surface area contributed by atoms with Crippen LogP contribution in [0.5, 0.6) is 0 Å². The Morgan fingerprint density at radius 1 is 1.57 bits per heavy atom. The number of aliphatic hydroxyl groups excluding tert-OH is 1. The molecule has 3 atom stereocenters. The van der Waals surface area contributed by atoms with Crippen LogP contribution in [0.1, 0.15) is 32.6 Å². The van der Waals surface area contributed by atoms with Gasteiger partial charge in [-0.15, -0.1) is 5.10 Å². The molecule has 114 valence electrons. The molecule has 2 aromatic rings. The average Bonchev–Trinajstić information content (AvgIpc) is 2.91. The molecule has 0 aliphatic carbocycles. The van der Waals surface area contributed by atoms with E-state index in [2.05, 4.69) is 28.9 Å². The largest absolute Gasteiger partial charge is 0.394 e. The van der Waals surface area contributed by atoms with Gasteiger partial charge in [0.25, 0.3) is 5.56 Å². The lowest BCUT2D eigenvalue weighted by atomic mass is 9.75. The second-order valence-corrected chi connectivity index (χ2v) is 6.11. The molecule has 21 heavy (non-hydrogen) atoms. The summed E-state index contributed by atoms with van der Waals surface area (Å²) in [5.41, 5.74) is 5.82. The molecule has 3 rings (SSSR count). The number of hydrogen-bond donors (Lipinski definition) is 3. The van der Waals surface area contributed by atoms with Gasteiger partial charge in [-0.25, -0.2) is 9.50 Å². The van der Waals surface area contributed by atoms with Crippen LogP contribution in [0, 0.1) is 11.3 Å². The van der Waals surface area contributed by atoms with Gasteiger partial charge in [-0.05, 0) is 5.92 Å². The first-order valence-corrected chi connectivity index (χ1v) is 6.86. The van der Waals surface area contributed by atoms with Crippen molar-refractivity contribution in [2.45, 2.75) is 33.0 Å². The van der Waals surface area contributed by atoms with Gasteiger partial charge < -0.3 is 15.6 Å². The minimum absolute atomic E-state index is 0.0225. The Labute approximate surface area is 120 Å². The maximum absolute atomic E-state index is 11.8. The number of rotatable bonds is 2. The van der Waals surface area contributed by atoms with E-state index in [1.165, 1.54) is 4.52 Å². The van der Waals surface area contributed by atoms with Crippen molar-refractivity contribution in [2.75, 3.05) is 12.3 Å². The Morgan fingerprint density at radius 3 is 2.90 bits per heavy atom. The Balaban J connectivity index is 2.15. The molecule has 0 aromatic carbocycles. The van der Waals surface area contributed by atoms with E-state index in [1.54, 1.807) is 6.20 Å². The zero-order chi connectivity index (χ0) is 15.4. The second-order valence-electron chi connectivity index (χ2n) is 6.11. The molecule has 8 heteroatoms. The maximum Gasteiger partial charge on any atom is 0.295 e. The number of anilines is 1. The third-order valence-corrected chi connectivity index (χ3v) is 4.58. The second kappa shape index (κ2) is 4.54. The molecule has 1 aliphatic rings. The number of hydrogen-bond acceptors (Lipinski definition) is 6. The summed E-state index contributed by atoms with van der Waals surface area (Å²) in [5, 5.41) is 13.6. The highest BCUT2D eigenvalue weighted by Crippen LogP contribution is 2.50. The van der Waals surface area contributed by atoms with Gasteiger partial charge in [-0.1, -0.05) is 20.8 Å². The van der Waals surface area contributed by atoms with Gasteiger partial charge >= 0.3 is 0 Å². The van der Waals surface area contributed by atoms with Gasteiger partial charge in [-0.3, -0.25) is 9.78 Å². The van der Waals surface area contributed by atoms with Crippen molar-refractivity contribution in [1.82, 2.24) is 19.6 Å². The van der Waals surface area contributed by atoms with Crippen LogP contribution < -0.4 is 11.3 Å². The maximum atomic E-state index is 11.8. The van der Waals surface area contributed by atoms with Gasteiger partial charge in [0.1, 0.15) is 6.10 Å². The van der Waals surface area contributed by atoms with Crippen LogP contribution >= 0.6 is 0 Å². The van der Waals surface area contributed by atoms with Crippen molar-refractivity contribution in [1.29, 1.82) is 0 Å². The topological polar surface area (TPSA) is 119 Å². The number of imidazole rings is 1. The highest BCUT2D eigenvalue weighted by Gasteiger charge is 2.49. The Hall–Kier alpha value is -1.93. The first kappa shape index (κ1) is 14.0. The fourth-order valence-corrected chi connectivity index (χ4v) is 2.94. The quantitative estimate of drug-likeness (QED) is 0.722. The molecular formula is C13H19N5O3. The molecule has 3 heterocycles. The summed E-state index contributed by atoms with van der Waals surface area (Å²) in [4.78, 5) is 18.4. The Bertz CT molecular complexity index is 735. The zero-order valence-corrected chi connectivity index (χ0v) is 12.2. The van der Waals surface area contributed by atoms with E-state index in [0.717, 1.165) is 0 Å². The number of H-pyrrole nitrogens is 1. The van der Waals surface area contributed by atoms with Gasteiger partial charge in [0.05, 0.1) is 24.6 Å². The first-order chi connectivity index (χ1) is 9.86. The summed E-state index contributed by atoms with van der Waals surface area (Å²) < 4.78 is 7.39. The van der Waals surface area contributed by atoms with Gasteiger partial charge in [-0.2, -0.15) is 0 Å². The minimum Gasteiger partial charge on any atom is -0.394 e. The number of aromatic nitrogens is 4. The van der Waals surface area contributed by atoms with Crippen molar-refractivity contribution in [3.8, 4) is 0 Å². The monoisotopic (exact) mass is 293 g/mol. The number of ether oxygens (including phenoxy) is 1. The highest BCUT2D eigenvalue weighted by atomic mass is 16.5. The molecule has 3 unspecified atom stereocenters. The molecule has 0 saturated carbocycles. The molecule has 0 radical (unpaired) electrons. The SMILES string of the molecule is CC1C(CO)OC(c2cnc3c(=O)[nH]c(N)nn23)C1(C)C. The predicted octanol–water partition coefficient (Wildman–Crippen LogP) is 0.0943. The van der Waals surface area contributed by atoms with E-state index in [4.69, 9.17) is 10.5 Å². The number of aliphatic hydroxyl groups is 1. The lowest BCUT2D eigenvalue weighted by molar-refractivity contribution is -0.0116. The van der Waals surface area contributed by atoms with Crippen molar-refractivity contribution >= 4 is 11.6 Å². The summed E-state index contributed by atoms with van der Waals surface area (Å²) in [5.74, 6) is 0.173. The van der Waals surface area contributed by atoms with E-state index in [9.17, 15) is 9.90 Å². The molecule has 0 amide bonds.